The molecule has 16 heavy (non-hydrogen) atoms. The molecule has 0 aromatic carbocycles. The molecule has 0 aliphatic carbocycles. The van der Waals surface area contributed by atoms with Crippen LogP contribution in [0.1, 0.15) is 65.2 Å². The van der Waals surface area contributed by atoms with Crippen LogP contribution in [0.4, 0.5) is 0 Å². The van der Waals surface area contributed by atoms with Crippen LogP contribution in [0, 0.1) is 0 Å². The molecule has 0 saturated carbocycles. The number of rotatable bonds is 7. The average Bonchev–Trinajstić information content (AvgIpc) is 2.75. The van der Waals surface area contributed by atoms with E-state index in [1.165, 1.54) is 51.4 Å². The van der Waals surface area contributed by atoms with E-state index in [0.29, 0.717) is 0 Å². The summed E-state index contributed by atoms with van der Waals surface area (Å²) in [6.45, 7) is 4.54. The monoisotopic (exact) mass is 224 g/mol. The molecule has 1 rings (SSSR count). The zero-order chi connectivity index (χ0) is 12.1. The van der Waals surface area contributed by atoms with E-state index < -0.39 is 0 Å². The van der Waals surface area contributed by atoms with Crippen molar-refractivity contribution in [1.29, 1.82) is 0 Å². The highest BCUT2D eigenvalue weighted by Crippen LogP contribution is 2.07. The quantitative estimate of drug-likeness (QED) is 0.620. The lowest BCUT2D eigenvalue weighted by Gasteiger charge is -1.97. The Balaban J connectivity index is 0.000000315. The molecule has 1 aromatic heterocycles. The molecular formula is C14H28N2. The Morgan fingerprint density at radius 2 is 1.38 bits per heavy atom. The second-order valence-electron chi connectivity index (χ2n) is 4.35. The molecule has 1 aromatic rings. The number of unbranched alkanes of at least 4 members (excludes halogenated alkanes) is 7. The molecule has 0 bridgehead atoms. The molecular weight excluding hydrogens is 196 g/mol. The lowest BCUT2D eigenvalue weighted by atomic mass is 10.1. The molecule has 0 amide bonds. The summed E-state index contributed by atoms with van der Waals surface area (Å²) < 4.78 is 1.89. The highest BCUT2D eigenvalue weighted by molar-refractivity contribution is 4.70. The zero-order valence-electron chi connectivity index (χ0n) is 11.3. The van der Waals surface area contributed by atoms with Gasteiger partial charge in [0.1, 0.15) is 0 Å². The Bertz CT molecular complexity index is 197. The van der Waals surface area contributed by atoms with Gasteiger partial charge in [-0.15, -0.1) is 0 Å². The fraction of sp³-hybridized carbons (Fsp3) is 0.786. The van der Waals surface area contributed by atoms with Crippen LogP contribution in [0.25, 0.3) is 0 Å². The summed E-state index contributed by atoms with van der Waals surface area (Å²) in [7, 11) is 1.94. The number of hydrogen-bond donors (Lipinski definition) is 0. The maximum Gasteiger partial charge on any atom is 0.0943 e. The second kappa shape index (κ2) is 12.3. The number of aryl methyl sites for hydroxylation is 1. The number of imidazole rings is 1. The third kappa shape index (κ3) is 11.3. The van der Waals surface area contributed by atoms with Crippen molar-refractivity contribution >= 4 is 0 Å². The molecule has 2 heteroatoms. The van der Waals surface area contributed by atoms with E-state index in [0.717, 1.165) is 0 Å². The van der Waals surface area contributed by atoms with E-state index in [-0.39, 0.29) is 0 Å². The van der Waals surface area contributed by atoms with Crippen LogP contribution in [0.15, 0.2) is 18.7 Å². The second-order valence-corrected chi connectivity index (χ2v) is 4.35. The van der Waals surface area contributed by atoms with Crippen LogP contribution >= 0.6 is 0 Å². The number of hydrogen-bond acceptors (Lipinski definition) is 1. The van der Waals surface area contributed by atoms with E-state index in [9.17, 15) is 0 Å². The van der Waals surface area contributed by atoms with Crippen LogP contribution in [-0.4, -0.2) is 9.55 Å². The standard InChI is InChI=1S/C10H22.C4H6N2/c1-3-5-7-9-10-8-6-4-2;1-6-3-2-5-4-6/h3-10H2,1-2H3;2-4H,1H3. The zero-order valence-corrected chi connectivity index (χ0v) is 11.3. The minimum Gasteiger partial charge on any atom is -0.341 e. The van der Waals surface area contributed by atoms with Crippen molar-refractivity contribution in [3.8, 4) is 0 Å². The Morgan fingerprint density at radius 3 is 1.62 bits per heavy atom. The third-order valence-electron chi connectivity index (χ3n) is 2.59. The van der Waals surface area contributed by atoms with Gasteiger partial charge in [-0.05, 0) is 0 Å². The Hall–Kier alpha value is -0.790. The summed E-state index contributed by atoms with van der Waals surface area (Å²) in [5, 5.41) is 0. The first-order valence-corrected chi connectivity index (χ1v) is 6.73. The first kappa shape index (κ1) is 15.2. The molecule has 0 aliphatic rings. The van der Waals surface area contributed by atoms with Gasteiger partial charge in [0.15, 0.2) is 0 Å². The molecule has 0 saturated heterocycles. The lowest BCUT2D eigenvalue weighted by molar-refractivity contribution is 0.585. The Morgan fingerprint density at radius 1 is 0.875 bits per heavy atom. The Kier molecular flexibility index (Phi) is 11.7. The predicted octanol–water partition coefficient (Wildman–Crippen LogP) is 4.57. The fourth-order valence-corrected chi connectivity index (χ4v) is 1.53. The van der Waals surface area contributed by atoms with Gasteiger partial charge in [0.2, 0.25) is 0 Å². The normalized spacial score (nSPS) is 9.69. The summed E-state index contributed by atoms with van der Waals surface area (Å²) in [5.74, 6) is 0. The number of nitrogens with zero attached hydrogens (tertiary/aromatic N) is 2. The van der Waals surface area contributed by atoms with Crippen molar-refractivity contribution < 1.29 is 0 Å². The third-order valence-corrected chi connectivity index (χ3v) is 2.59. The molecule has 0 unspecified atom stereocenters. The topological polar surface area (TPSA) is 17.8 Å². The minimum atomic E-state index is 1.37. The number of aromatic nitrogens is 2. The highest BCUT2D eigenvalue weighted by atomic mass is 15.0. The van der Waals surface area contributed by atoms with E-state index in [1.54, 1.807) is 12.5 Å². The molecule has 0 atom stereocenters. The molecule has 0 fully saturated rings. The largest absolute Gasteiger partial charge is 0.341 e. The molecule has 2 nitrogen and oxygen atoms in total. The highest BCUT2D eigenvalue weighted by Gasteiger charge is 1.87. The van der Waals surface area contributed by atoms with E-state index in [4.69, 9.17) is 0 Å². The summed E-state index contributed by atoms with van der Waals surface area (Å²) in [6, 6.07) is 0. The summed E-state index contributed by atoms with van der Waals surface area (Å²) in [6.07, 6.45) is 16.8. The maximum atomic E-state index is 3.78. The molecule has 0 spiro atoms. The van der Waals surface area contributed by atoms with Gasteiger partial charge in [-0.25, -0.2) is 4.98 Å². The van der Waals surface area contributed by atoms with Gasteiger partial charge in [-0.1, -0.05) is 65.2 Å². The SMILES string of the molecule is CCCCCCCCCC.Cn1ccnc1. The first-order chi connectivity index (χ1) is 7.81. The summed E-state index contributed by atoms with van der Waals surface area (Å²) in [5.41, 5.74) is 0. The smallest absolute Gasteiger partial charge is 0.0943 e. The van der Waals surface area contributed by atoms with Crippen molar-refractivity contribution in [2.24, 2.45) is 7.05 Å². The molecule has 0 radical (unpaired) electrons. The van der Waals surface area contributed by atoms with Crippen LogP contribution in [0.5, 0.6) is 0 Å². The van der Waals surface area contributed by atoms with E-state index >= 15 is 0 Å². The lowest BCUT2D eigenvalue weighted by Crippen LogP contribution is -1.77. The van der Waals surface area contributed by atoms with E-state index in [1.807, 2.05) is 17.8 Å². The molecule has 94 valence electrons. The van der Waals surface area contributed by atoms with E-state index in [2.05, 4.69) is 18.8 Å². The van der Waals surface area contributed by atoms with Crippen molar-refractivity contribution in [1.82, 2.24) is 9.55 Å². The fourth-order valence-electron chi connectivity index (χ4n) is 1.53. The first-order valence-electron chi connectivity index (χ1n) is 6.73. The van der Waals surface area contributed by atoms with Gasteiger partial charge >= 0.3 is 0 Å². The van der Waals surface area contributed by atoms with Gasteiger partial charge < -0.3 is 4.57 Å². The van der Waals surface area contributed by atoms with Crippen molar-refractivity contribution in [2.75, 3.05) is 0 Å². The van der Waals surface area contributed by atoms with Crippen molar-refractivity contribution in [2.45, 2.75) is 65.2 Å². The van der Waals surface area contributed by atoms with Crippen molar-refractivity contribution in [3.05, 3.63) is 18.7 Å². The molecule has 1 heterocycles. The van der Waals surface area contributed by atoms with Gasteiger partial charge in [0.05, 0.1) is 6.33 Å². The van der Waals surface area contributed by atoms with Gasteiger partial charge in [-0.2, -0.15) is 0 Å². The van der Waals surface area contributed by atoms with Crippen LogP contribution in [0.3, 0.4) is 0 Å². The minimum absolute atomic E-state index is 1.37. The van der Waals surface area contributed by atoms with Crippen LogP contribution in [-0.2, 0) is 7.05 Å². The van der Waals surface area contributed by atoms with Crippen molar-refractivity contribution in [3.63, 3.8) is 0 Å². The Labute approximate surface area is 101 Å². The van der Waals surface area contributed by atoms with Gasteiger partial charge in [-0.3, -0.25) is 0 Å². The van der Waals surface area contributed by atoms with Gasteiger partial charge in [0, 0.05) is 19.4 Å². The molecule has 0 aliphatic heterocycles. The molecule has 0 N–H and O–H groups in total. The maximum absolute atomic E-state index is 3.78. The summed E-state index contributed by atoms with van der Waals surface area (Å²) >= 11 is 0. The average molecular weight is 224 g/mol. The summed E-state index contributed by atoms with van der Waals surface area (Å²) in [4.78, 5) is 3.78. The predicted molar refractivity (Wildman–Crippen MR) is 71.5 cm³/mol. The van der Waals surface area contributed by atoms with Crippen LogP contribution in [0.2, 0.25) is 0 Å². The van der Waals surface area contributed by atoms with Gasteiger partial charge in [0.25, 0.3) is 0 Å². The van der Waals surface area contributed by atoms with Crippen LogP contribution < -0.4 is 0 Å².